The maximum atomic E-state index is 12.1. The number of nitrogens with one attached hydrogen (secondary N) is 1. The number of carbonyl (C=O) groups is 1. The normalized spacial score (nSPS) is 13.8. The third-order valence-electron chi connectivity index (χ3n) is 4.67. The molecule has 1 fully saturated rings. The van der Waals surface area contributed by atoms with E-state index in [4.69, 9.17) is 21.7 Å². The Labute approximate surface area is 171 Å². The van der Waals surface area contributed by atoms with E-state index in [-0.39, 0.29) is 5.97 Å². The molecular weight excluding hydrogens is 374 g/mol. The second-order valence-corrected chi connectivity index (χ2v) is 6.76. The molecule has 1 aliphatic heterocycles. The third kappa shape index (κ3) is 4.72. The summed E-state index contributed by atoms with van der Waals surface area (Å²) in [5, 5.41) is 3.83. The molecule has 6 nitrogen and oxygen atoms in total. The summed E-state index contributed by atoms with van der Waals surface area (Å²) in [6.45, 7) is 5.48. The van der Waals surface area contributed by atoms with Gasteiger partial charge >= 0.3 is 5.97 Å². The molecule has 2 aromatic carbocycles. The number of nitrogens with zero attached hydrogens (tertiary/aromatic N) is 2. The van der Waals surface area contributed by atoms with Gasteiger partial charge in [0, 0.05) is 31.9 Å². The Balaban J connectivity index is 1.59. The Morgan fingerprint density at radius 1 is 1.07 bits per heavy atom. The van der Waals surface area contributed by atoms with E-state index in [1.165, 1.54) is 5.69 Å². The lowest BCUT2D eigenvalue weighted by atomic mass is 10.2. The van der Waals surface area contributed by atoms with Crippen LogP contribution in [0.15, 0.2) is 48.5 Å². The topological polar surface area (TPSA) is 54.0 Å². The van der Waals surface area contributed by atoms with Crippen LogP contribution in [0.5, 0.6) is 5.75 Å². The number of methoxy groups -OCH3 is 1. The molecule has 2 aromatic rings. The first-order valence-corrected chi connectivity index (χ1v) is 9.74. The van der Waals surface area contributed by atoms with Crippen LogP contribution in [0, 0.1) is 0 Å². The second-order valence-electron chi connectivity index (χ2n) is 6.37. The number of hydrogen-bond acceptors (Lipinski definition) is 5. The first-order valence-electron chi connectivity index (χ1n) is 9.33. The predicted octanol–water partition coefficient (Wildman–Crippen LogP) is 3.39. The van der Waals surface area contributed by atoms with Gasteiger partial charge in [0.2, 0.25) is 0 Å². The highest BCUT2D eigenvalue weighted by Crippen LogP contribution is 2.21. The first-order chi connectivity index (χ1) is 13.6. The molecule has 0 spiro atoms. The summed E-state index contributed by atoms with van der Waals surface area (Å²) in [6.07, 6.45) is 0. The smallest absolute Gasteiger partial charge is 0.340 e. The van der Waals surface area contributed by atoms with Crippen LogP contribution in [0.25, 0.3) is 0 Å². The molecule has 148 valence electrons. The number of anilines is 2. The summed E-state index contributed by atoms with van der Waals surface area (Å²) in [5.41, 5.74) is 2.33. The van der Waals surface area contributed by atoms with E-state index in [2.05, 4.69) is 27.2 Å². The maximum Gasteiger partial charge on any atom is 0.340 e. The van der Waals surface area contributed by atoms with Crippen LogP contribution in [0.2, 0.25) is 0 Å². The molecule has 0 radical (unpaired) electrons. The van der Waals surface area contributed by atoms with Crippen LogP contribution >= 0.6 is 12.2 Å². The molecule has 0 unspecified atom stereocenters. The fraction of sp³-hybridized carbons (Fsp3) is 0.333. The number of thiocarbonyl (C=S) groups is 1. The average Bonchev–Trinajstić information content (AvgIpc) is 2.74. The van der Waals surface area contributed by atoms with Crippen molar-refractivity contribution in [2.24, 2.45) is 0 Å². The molecule has 1 saturated heterocycles. The summed E-state index contributed by atoms with van der Waals surface area (Å²) in [5.74, 6) is 0.505. The van der Waals surface area contributed by atoms with E-state index in [0.717, 1.165) is 31.9 Å². The highest BCUT2D eigenvalue weighted by atomic mass is 32.1. The summed E-state index contributed by atoms with van der Waals surface area (Å²) >= 11 is 5.58. The lowest BCUT2D eigenvalue weighted by Gasteiger charge is -2.37. The highest BCUT2D eigenvalue weighted by molar-refractivity contribution is 7.80. The van der Waals surface area contributed by atoms with Crippen molar-refractivity contribution in [3.8, 4) is 5.75 Å². The first kappa shape index (κ1) is 19.9. The molecule has 1 heterocycles. The standard InChI is InChI=1S/C21H25N3O3S/c1-3-27-20(25)18-6-4-5-7-19(18)22-21(28)24-14-12-23(13-15-24)16-8-10-17(26-2)11-9-16/h4-11H,3,12-15H2,1-2H3,(H,22,28). The minimum absolute atomic E-state index is 0.338. The maximum absolute atomic E-state index is 12.1. The molecule has 1 N–H and O–H groups in total. The Hall–Kier alpha value is -2.80. The molecule has 1 aliphatic rings. The predicted molar refractivity (Wildman–Crippen MR) is 115 cm³/mol. The quantitative estimate of drug-likeness (QED) is 0.611. The van der Waals surface area contributed by atoms with E-state index in [1.54, 1.807) is 20.1 Å². The Morgan fingerprint density at radius 2 is 1.75 bits per heavy atom. The SMILES string of the molecule is CCOC(=O)c1ccccc1NC(=S)N1CCN(c2ccc(OC)cc2)CC1. The van der Waals surface area contributed by atoms with Gasteiger partial charge in [0.25, 0.3) is 0 Å². The number of benzene rings is 2. The number of esters is 1. The molecule has 0 aliphatic carbocycles. The third-order valence-corrected chi connectivity index (χ3v) is 5.03. The minimum atomic E-state index is -0.349. The molecule has 0 aromatic heterocycles. The fourth-order valence-electron chi connectivity index (χ4n) is 3.13. The van der Waals surface area contributed by atoms with Gasteiger partial charge in [-0.15, -0.1) is 0 Å². The molecule has 0 atom stereocenters. The van der Waals surface area contributed by atoms with E-state index in [9.17, 15) is 4.79 Å². The lowest BCUT2D eigenvalue weighted by molar-refractivity contribution is 0.0527. The van der Waals surface area contributed by atoms with Crippen molar-refractivity contribution in [3.63, 3.8) is 0 Å². The van der Waals surface area contributed by atoms with Crippen LogP contribution in [0.4, 0.5) is 11.4 Å². The number of hydrogen-bond donors (Lipinski definition) is 1. The van der Waals surface area contributed by atoms with E-state index >= 15 is 0 Å². The number of rotatable bonds is 5. The van der Waals surface area contributed by atoms with Gasteiger partial charge in [-0.1, -0.05) is 12.1 Å². The van der Waals surface area contributed by atoms with Crippen LogP contribution in [-0.2, 0) is 4.74 Å². The van der Waals surface area contributed by atoms with Gasteiger partial charge in [-0.25, -0.2) is 4.79 Å². The summed E-state index contributed by atoms with van der Waals surface area (Å²) in [6, 6.07) is 15.3. The van der Waals surface area contributed by atoms with Crippen molar-refractivity contribution in [2.75, 3.05) is 50.1 Å². The number of piperazine rings is 1. The van der Waals surface area contributed by atoms with E-state index < -0.39 is 0 Å². The lowest BCUT2D eigenvalue weighted by Crippen LogP contribution is -2.50. The van der Waals surface area contributed by atoms with Crippen LogP contribution in [0.1, 0.15) is 17.3 Å². The zero-order valence-corrected chi connectivity index (χ0v) is 17.0. The zero-order valence-electron chi connectivity index (χ0n) is 16.2. The summed E-state index contributed by atoms with van der Waals surface area (Å²) in [7, 11) is 1.67. The van der Waals surface area contributed by atoms with Crippen molar-refractivity contribution < 1.29 is 14.3 Å². The molecule has 0 bridgehead atoms. The highest BCUT2D eigenvalue weighted by Gasteiger charge is 2.21. The number of carbonyl (C=O) groups excluding carboxylic acids is 1. The molecular formula is C21H25N3O3S. The van der Waals surface area contributed by atoms with Crippen molar-refractivity contribution in [2.45, 2.75) is 6.92 Å². The van der Waals surface area contributed by atoms with Crippen LogP contribution in [-0.4, -0.2) is 55.9 Å². The van der Waals surface area contributed by atoms with Crippen LogP contribution in [0.3, 0.4) is 0 Å². The largest absolute Gasteiger partial charge is 0.497 e. The zero-order chi connectivity index (χ0) is 19.9. The fourth-order valence-corrected chi connectivity index (χ4v) is 3.43. The Kier molecular flexibility index (Phi) is 6.71. The van der Waals surface area contributed by atoms with Gasteiger partial charge in [-0.2, -0.15) is 0 Å². The van der Waals surface area contributed by atoms with Gasteiger partial charge in [-0.05, 0) is 55.5 Å². The van der Waals surface area contributed by atoms with Gasteiger partial charge in [0.15, 0.2) is 5.11 Å². The van der Waals surface area contributed by atoms with Gasteiger partial charge in [0.1, 0.15) is 5.75 Å². The Morgan fingerprint density at radius 3 is 2.39 bits per heavy atom. The number of ether oxygens (including phenoxy) is 2. The minimum Gasteiger partial charge on any atom is -0.497 e. The van der Waals surface area contributed by atoms with Gasteiger partial charge in [-0.3, -0.25) is 0 Å². The second kappa shape index (κ2) is 9.41. The van der Waals surface area contributed by atoms with E-state index in [0.29, 0.717) is 23.0 Å². The Bertz CT molecular complexity index is 818. The monoisotopic (exact) mass is 399 g/mol. The van der Waals surface area contributed by atoms with Gasteiger partial charge < -0.3 is 24.6 Å². The van der Waals surface area contributed by atoms with Crippen LogP contribution < -0.4 is 15.0 Å². The van der Waals surface area contributed by atoms with E-state index in [1.807, 2.05) is 30.3 Å². The van der Waals surface area contributed by atoms with Crippen molar-refractivity contribution in [3.05, 3.63) is 54.1 Å². The average molecular weight is 400 g/mol. The van der Waals surface area contributed by atoms with Gasteiger partial charge in [0.05, 0.1) is 25.0 Å². The van der Waals surface area contributed by atoms with Crippen molar-refractivity contribution in [1.29, 1.82) is 0 Å². The molecule has 0 saturated carbocycles. The summed E-state index contributed by atoms with van der Waals surface area (Å²) in [4.78, 5) is 16.6. The van der Waals surface area contributed by atoms with Crippen molar-refractivity contribution >= 4 is 34.7 Å². The van der Waals surface area contributed by atoms with Crippen molar-refractivity contribution in [1.82, 2.24) is 4.90 Å². The molecule has 0 amide bonds. The molecule has 7 heteroatoms. The number of para-hydroxylation sites is 1. The molecule has 28 heavy (non-hydrogen) atoms. The molecule has 3 rings (SSSR count). The summed E-state index contributed by atoms with van der Waals surface area (Å²) < 4.78 is 10.3.